The van der Waals surface area contributed by atoms with E-state index in [9.17, 15) is 0 Å². The summed E-state index contributed by atoms with van der Waals surface area (Å²) in [4.78, 5) is 17.2. The molecule has 0 unspecified atom stereocenters. The fourth-order valence-corrected chi connectivity index (χ4v) is 3.17. The molecule has 33 heavy (non-hydrogen) atoms. The fraction of sp³-hybridized carbons (Fsp3) is 0.217. The number of benzene rings is 1. The molecule has 0 fully saturated rings. The average Bonchev–Trinajstić information content (AvgIpc) is 3.23. The van der Waals surface area contributed by atoms with E-state index in [2.05, 4.69) is 53.2 Å². The van der Waals surface area contributed by atoms with Crippen molar-refractivity contribution >= 4 is 24.1 Å². The minimum atomic E-state index is 0.341. The fourth-order valence-electron chi connectivity index (χ4n) is 3.17. The number of rotatable bonds is 10. The lowest BCUT2D eigenvalue weighted by molar-refractivity contribution is 0.689. The Morgan fingerprint density at radius 2 is 1.64 bits per heavy atom. The third kappa shape index (κ3) is 5.88. The van der Waals surface area contributed by atoms with Gasteiger partial charge in [0.1, 0.15) is 5.69 Å². The standard InChI is InChI=1S/C23H26N10/c1-3-25-21-28-22(26-4-2)30-23(29-21)31-27-14-19-16-33(15-17-9-6-5-7-10-17)32-20(19)18-11-8-12-24-13-18/h5-14,16H,3-4,15H2,1-2H3,(H3,25,26,28,29,30,31)/b27-14+. The van der Waals surface area contributed by atoms with Crippen molar-refractivity contribution in [3.63, 3.8) is 0 Å². The van der Waals surface area contributed by atoms with Gasteiger partial charge in [0.2, 0.25) is 17.8 Å². The van der Waals surface area contributed by atoms with E-state index in [1.165, 1.54) is 0 Å². The normalized spacial score (nSPS) is 11.0. The summed E-state index contributed by atoms with van der Waals surface area (Å²) in [5.74, 6) is 1.30. The van der Waals surface area contributed by atoms with E-state index in [1.807, 2.05) is 55.1 Å². The Hall–Kier alpha value is -4.34. The Labute approximate surface area is 192 Å². The summed E-state index contributed by atoms with van der Waals surface area (Å²) in [6, 6.07) is 14.1. The number of aromatic nitrogens is 6. The molecular weight excluding hydrogens is 416 g/mol. The largest absolute Gasteiger partial charge is 0.354 e. The van der Waals surface area contributed by atoms with Crippen molar-refractivity contribution in [1.29, 1.82) is 0 Å². The molecular formula is C23H26N10. The first-order chi connectivity index (χ1) is 16.2. The van der Waals surface area contributed by atoms with E-state index >= 15 is 0 Å². The van der Waals surface area contributed by atoms with Crippen LogP contribution in [0.15, 0.2) is 66.2 Å². The van der Waals surface area contributed by atoms with E-state index in [0.29, 0.717) is 37.5 Å². The second kappa shape index (κ2) is 10.8. The summed E-state index contributed by atoms with van der Waals surface area (Å²) in [7, 11) is 0. The Balaban J connectivity index is 1.59. The molecule has 0 bridgehead atoms. The molecule has 4 aromatic rings. The Morgan fingerprint density at radius 3 is 2.30 bits per heavy atom. The molecule has 0 aliphatic rings. The molecule has 4 rings (SSSR count). The second-order valence-electron chi connectivity index (χ2n) is 7.09. The zero-order valence-electron chi connectivity index (χ0n) is 18.6. The lowest BCUT2D eigenvalue weighted by atomic mass is 10.1. The minimum absolute atomic E-state index is 0.341. The highest BCUT2D eigenvalue weighted by Crippen LogP contribution is 2.20. The van der Waals surface area contributed by atoms with Crippen molar-refractivity contribution in [1.82, 2.24) is 29.7 Å². The highest BCUT2D eigenvalue weighted by Gasteiger charge is 2.11. The minimum Gasteiger partial charge on any atom is -0.354 e. The lowest BCUT2D eigenvalue weighted by Crippen LogP contribution is -2.10. The highest BCUT2D eigenvalue weighted by molar-refractivity contribution is 5.88. The van der Waals surface area contributed by atoms with Gasteiger partial charge in [-0.25, -0.2) is 5.43 Å². The Bertz CT molecular complexity index is 1160. The van der Waals surface area contributed by atoms with Gasteiger partial charge in [0.05, 0.1) is 12.8 Å². The number of anilines is 3. The van der Waals surface area contributed by atoms with Gasteiger partial charge in [-0.2, -0.15) is 25.2 Å². The van der Waals surface area contributed by atoms with Gasteiger partial charge >= 0.3 is 0 Å². The van der Waals surface area contributed by atoms with Gasteiger partial charge in [0, 0.05) is 42.8 Å². The molecule has 1 aromatic carbocycles. The molecule has 0 spiro atoms. The van der Waals surface area contributed by atoms with E-state index in [-0.39, 0.29) is 0 Å². The Morgan fingerprint density at radius 1 is 0.909 bits per heavy atom. The molecule has 0 saturated carbocycles. The molecule has 10 nitrogen and oxygen atoms in total. The van der Waals surface area contributed by atoms with Crippen molar-refractivity contribution in [2.24, 2.45) is 5.10 Å². The van der Waals surface area contributed by atoms with Gasteiger partial charge in [0.25, 0.3) is 0 Å². The Kier molecular flexibility index (Phi) is 7.16. The van der Waals surface area contributed by atoms with Crippen LogP contribution in [0.3, 0.4) is 0 Å². The predicted molar refractivity (Wildman–Crippen MR) is 130 cm³/mol. The summed E-state index contributed by atoms with van der Waals surface area (Å²) >= 11 is 0. The zero-order chi connectivity index (χ0) is 22.9. The number of hydrazone groups is 1. The maximum atomic E-state index is 4.77. The van der Waals surface area contributed by atoms with Crippen LogP contribution in [0.2, 0.25) is 0 Å². The van der Waals surface area contributed by atoms with Crippen LogP contribution in [0.25, 0.3) is 11.3 Å². The van der Waals surface area contributed by atoms with Crippen molar-refractivity contribution < 1.29 is 0 Å². The average molecular weight is 443 g/mol. The lowest BCUT2D eigenvalue weighted by Gasteiger charge is -2.07. The SMILES string of the molecule is CCNc1nc(NCC)nc(N/N=C/c2cn(Cc3ccccc3)nc2-c2cccnc2)n1. The number of hydrogen-bond donors (Lipinski definition) is 3. The molecule has 168 valence electrons. The van der Waals surface area contributed by atoms with Crippen molar-refractivity contribution in [2.75, 3.05) is 29.1 Å². The summed E-state index contributed by atoms with van der Waals surface area (Å²) in [5.41, 5.74) is 6.62. The van der Waals surface area contributed by atoms with Crippen LogP contribution in [-0.2, 0) is 6.54 Å². The van der Waals surface area contributed by atoms with Crippen molar-refractivity contribution in [2.45, 2.75) is 20.4 Å². The highest BCUT2D eigenvalue weighted by atomic mass is 15.4. The second-order valence-corrected chi connectivity index (χ2v) is 7.09. The molecule has 0 aliphatic heterocycles. The molecule has 0 amide bonds. The summed E-state index contributed by atoms with van der Waals surface area (Å²) in [5, 5.41) is 15.3. The quantitative estimate of drug-likeness (QED) is 0.252. The van der Waals surface area contributed by atoms with Crippen molar-refractivity contribution in [3.8, 4) is 11.3 Å². The molecule has 3 N–H and O–H groups in total. The van der Waals surface area contributed by atoms with E-state index in [0.717, 1.165) is 22.4 Å². The van der Waals surface area contributed by atoms with Crippen LogP contribution in [0.4, 0.5) is 17.8 Å². The maximum absolute atomic E-state index is 4.77. The first-order valence-electron chi connectivity index (χ1n) is 10.8. The van der Waals surface area contributed by atoms with Gasteiger partial charge < -0.3 is 10.6 Å². The molecule has 3 aromatic heterocycles. The maximum Gasteiger partial charge on any atom is 0.250 e. The third-order valence-corrected chi connectivity index (χ3v) is 4.59. The van der Waals surface area contributed by atoms with Gasteiger partial charge in [0.15, 0.2) is 0 Å². The van der Waals surface area contributed by atoms with Crippen LogP contribution in [0.1, 0.15) is 25.0 Å². The monoisotopic (exact) mass is 442 g/mol. The van der Waals surface area contributed by atoms with Crippen LogP contribution in [0, 0.1) is 0 Å². The number of nitrogens with zero attached hydrogens (tertiary/aromatic N) is 7. The number of nitrogens with one attached hydrogen (secondary N) is 3. The van der Waals surface area contributed by atoms with Crippen molar-refractivity contribution in [3.05, 3.63) is 72.2 Å². The van der Waals surface area contributed by atoms with Gasteiger partial charge in [-0.1, -0.05) is 30.3 Å². The molecule has 0 aliphatic carbocycles. The zero-order valence-corrected chi connectivity index (χ0v) is 18.6. The first kappa shape index (κ1) is 21.9. The first-order valence-corrected chi connectivity index (χ1v) is 10.8. The summed E-state index contributed by atoms with van der Waals surface area (Å²) in [6.07, 6.45) is 7.20. The summed E-state index contributed by atoms with van der Waals surface area (Å²) < 4.78 is 1.90. The van der Waals surface area contributed by atoms with Gasteiger partial charge in [-0.05, 0) is 31.5 Å². The smallest absolute Gasteiger partial charge is 0.250 e. The molecule has 0 atom stereocenters. The van der Waals surface area contributed by atoms with Crippen LogP contribution >= 0.6 is 0 Å². The summed E-state index contributed by atoms with van der Waals surface area (Å²) in [6.45, 7) is 6.02. The van der Waals surface area contributed by atoms with Gasteiger partial charge in [-0.15, -0.1) is 0 Å². The van der Waals surface area contributed by atoms with E-state index in [4.69, 9.17) is 5.10 Å². The topological polar surface area (TPSA) is 118 Å². The van der Waals surface area contributed by atoms with E-state index in [1.54, 1.807) is 18.6 Å². The van der Waals surface area contributed by atoms with E-state index < -0.39 is 0 Å². The third-order valence-electron chi connectivity index (χ3n) is 4.59. The molecule has 0 radical (unpaired) electrons. The van der Waals surface area contributed by atoms with Crippen LogP contribution in [-0.4, -0.2) is 49.0 Å². The number of pyridine rings is 1. The molecule has 3 heterocycles. The van der Waals surface area contributed by atoms with Crippen LogP contribution < -0.4 is 16.1 Å². The number of hydrogen-bond acceptors (Lipinski definition) is 9. The molecule has 0 saturated heterocycles. The molecule has 10 heteroatoms. The predicted octanol–water partition coefficient (Wildman–Crippen LogP) is 3.49. The van der Waals surface area contributed by atoms with Gasteiger partial charge in [-0.3, -0.25) is 9.67 Å². The van der Waals surface area contributed by atoms with Crippen LogP contribution in [0.5, 0.6) is 0 Å².